The second-order valence-electron chi connectivity index (χ2n) is 5.36. The molecule has 0 aliphatic rings. The van der Waals surface area contributed by atoms with Crippen molar-refractivity contribution >= 4 is 59.6 Å². The molecule has 3 rings (SSSR count). The van der Waals surface area contributed by atoms with Gasteiger partial charge in [-0.2, -0.15) is 5.10 Å². The molecule has 0 amide bonds. The average molecular weight is 545 g/mol. The van der Waals surface area contributed by atoms with Crippen molar-refractivity contribution in [1.82, 2.24) is 9.78 Å². The number of hydrogen-bond donors (Lipinski definition) is 0. The molecule has 1 aromatic carbocycles. The van der Waals surface area contributed by atoms with Crippen LogP contribution in [0, 0.1) is 0 Å². The Labute approximate surface area is 175 Å². The van der Waals surface area contributed by atoms with E-state index in [0.717, 1.165) is 13.4 Å². The summed E-state index contributed by atoms with van der Waals surface area (Å²) in [7, 11) is 1.77. The molecule has 0 spiro atoms. The third kappa shape index (κ3) is 4.75. The van der Waals surface area contributed by atoms with Crippen LogP contribution in [-0.4, -0.2) is 15.6 Å². The molecule has 0 atom stereocenters. The lowest BCUT2D eigenvalue weighted by atomic mass is 10.2. The number of aryl methyl sites for hydroxylation is 1. The molecule has 0 saturated carbocycles. The van der Waals surface area contributed by atoms with Crippen molar-refractivity contribution < 1.29 is 13.9 Å². The Morgan fingerprint density at radius 3 is 2.62 bits per heavy atom. The fraction of sp³-hybridized carbons (Fsp3) is 0.111. The van der Waals surface area contributed by atoms with Crippen molar-refractivity contribution in [3.63, 3.8) is 0 Å². The summed E-state index contributed by atoms with van der Waals surface area (Å²) in [5.74, 6) is 1.73. The number of aromatic nitrogens is 2. The van der Waals surface area contributed by atoms with Crippen molar-refractivity contribution in [2.45, 2.75) is 6.61 Å². The first-order valence-corrected chi connectivity index (χ1v) is 9.88. The summed E-state index contributed by atoms with van der Waals surface area (Å²) in [4.78, 5) is 12.0. The normalized spacial score (nSPS) is 11.2. The van der Waals surface area contributed by atoms with Gasteiger partial charge in [0, 0.05) is 17.7 Å². The maximum Gasteiger partial charge on any atom is 0.206 e. The Bertz CT molecular complexity index is 953. The maximum atomic E-state index is 12.0. The van der Waals surface area contributed by atoms with Gasteiger partial charge in [-0.15, -0.1) is 0 Å². The van der Waals surface area contributed by atoms with Crippen molar-refractivity contribution in [1.29, 1.82) is 0 Å². The first-order chi connectivity index (χ1) is 12.4. The molecule has 0 aliphatic carbocycles. The minimum Gasteiger partial charge on any atom is -0.483 e. The highest BCUT2D eigenvalue weighted by Crippen LogP contribution is 2.36. The lowest BCUT2D eigenvalue weighted by molar-refractivity contribution is 0.104. The predicted molar refractivity (Wildman–Crippen MR) is 109 cm³/mol. The number of ketones is 1. The van der Waals surface area contributed by atoms with Crippen molar-refractivity contribution in [3.05, 3.63) is 73.2 Å². The molecule has 0 bridgehead atoms. The molecule has 0 fully saturated rings. The summed E-state index contributed by atoms with van der Waals surface area (Å²) in [6.07, 6.45) is 4.78. The Kier molecular flexibility index (Phi) is 6.16. The molecule has 5 nitrogen and oxygen atoms in total. The minimum atomic E-state index is -0.178. The van der Waals surface area contributed by atoms with Crippen LogP contribution < -0.4 is 4.74 Å². The highest BCUT2D eigenvalue weighted by atomic mass is 79.9. The highest BCUT2D eigenvalue weighted by molar-refractivity contribution is 9.11. The van der Waals surface area contributed by atoms with Crippen LogP contribution in [0.4, 0.5) is 0 Å². The number of rotatable bonds is 6. The van der Waals surface area contributed by atoms with Gasteiger partial charge in [-0.3, -0.25) is 9.48 Å². The van der Waals surface area contributed by atoms with Crippen molar-refractivity contribution in [2.75, 3.05) is 0 Å². The molecule has 0 N–H and O–H groups in total. The van der Waals surface area contributed by atoms with Crippen LogP contribution >= 0.6 is 47.8 Å². The first kappa shape index (κ1) is 19.1. The van der Waals surface area contributed by atoms with Crippen LogP contribution in [0.2, 0.25) is 0 Å². The second kappa shape index (κ2) is 8.37. The molecule has 0 radical (unpaired) electrons. The zero-order valence-corrected chi connectivity index (χ0v) is 18.3. The molecular formula is C18H13Br3N2O3. The fourth-order valence-electron chi connectivity index (χ4n) is 2.16. The van der Waals surface area contributed by atoms with Crippen LogP contribution in [0.15, 0.2) is 60.4 Å². The van der Waals surface area contributed by atoms with E-state index < -0.39 is 0 Å². The van der Waals surface area contributed by atoms with Crippen LogP contribution in [0.1, 0.15) is 22.0 Å². The molecule has 0 aliphatic heterocycles. The number of ether oxygens (including phenoxy) is 1. The molecule has 2 aromatic heterocycles. The topological polar surface area (TPSA) is 57.3 Å². The van der Waals surface area contributed by atoms with Gasteiger partial charge in [0.25, 0.3) is 0 Å². The van der Waals surface area contributed by atoms with E-state index in [1.807, 2.05) is 18.2 Å². The zero-order valence-electron chi connectivity index (χ0n) is 13.6. The van der Waals surface area contributed by atoms with Crippen molar-refractivity contribution in [2.24, 2.45) is 7.05 Å². The van der Waals surface area contributed by atoms with E-state index in [1.165, 1.54) is 6.08 Å². The van der Waals surface area contributed by atoms with E-state index in [-0.39, 0.29) is 12.4 Å². The Balaban J connectivity index is 1.63. The summed E-state index contributed by atoms with van der Waals surface area (Å²) < 4.78 is 15.7. The third-order valence-electron chi connectivity index (χ3n) is 3.37. The smallest absolute Gasteiger partial charge is 0.206 e. The van der Waals surface area contributed by atoms with Gasteiger partial charge in [-0.25, -0.2) is 0 Å². The summed E-state index contributed by atoms with van der Waals surface area (Å²) in [5.41, 5.74) is 0.392. The van der Waals surface area contributed by atoms with E-state index in [2.05, 4.69) is 52.9 Å². The number of hydrogen-bond acceptors (Lipinski definition) is 4. The van der Waals surface area contributed by atoms with E-state index in [4.69, 9.17) is 9.15 Å². The number of nitrogens with zero attached hydrogens (tertiary/aromatic N) is 2. The molecule has 3 aromatic rings. The highest BCUT2D eigenvalue weighted by Gasteiger charge is 2.10. The Morgan fingerprint density at radius 2 is 1.96 bits per heavy atom. The van der Waals surface area contributed by atoms with Gasteiger partial charge in [-0.1, -0.05) is 15.9 Å². The lowest BCUT2D eigenvalue weighted by Crippen LogP contribution is -1.97. The van der Waals surface area contributed by atoms with E-state index >= 15 is 0 Å². The van der Waals surface area contributed by atoms with E-state index in [0.29, 0.717) is 23.0 Å². The van der Waals surface area contributed by atoms with Gasteiger partial charge in [-0.05, 0) is 74.3 Å². The molecule has 26 heavy (non-hydrogen) atoms. The fourth-order valence-corrected chi connectivity index (χ4v) is 4.65. The molecule has 0 saturated heterocycles. The monoisotopic (exact) mass is 542 g/mol. The summed E-state index contributed by atoms with van der Waals surface area (Å²) >= 11 is 10.4. The van der Waals surface area contributed by atoms with Crippen LogP contribution in [0.5, 0.6) is 5.75 Å². The second-order valence-corrected chi connectivity index (χ2v) is 7.99. The Hall–Kier alpha value is -1.64. The molecular weight excluding hydrogens is 532 g/mol. The lowest BCUT2D eigenvalue weighted by Gasteiger charge is -2.09. The summed E-state index contributed by atoms with van der Waals surface area (Å²) in [5, 5.41) is 4.07. The first-order valence-electron chi connectivity index (χ1n) is 7.50. The standard InChI is InChI=1S/C18H13Br3N2O3/c1-23-7-6-16(22-23)17(24)5-4-12-2-3-13(26-12)10-25-18-14(20)8-11(19)9-15(18)21/h2-9H,10H2,1H3/b5-4+. The van der Waals surface area contributed by atoms with Crippen LogP contribution in [0.25, 0.3) is 6.08 Å². The van der Waals surface area contributed by atoms with E-state index in [1.54, 1.807) is 36.1 Å². The van der Waals surface area contributed by atoms with Gasteiger partial charge in [0.1, 0.15) is 29.6 Å². The maximum absolute atomic E-state index is 12.0. The Morgan fingerprint density at radius 1 is 1.23 bits per heavy atom. The number of furan rings is 1. The molecule has 8 heteroatoms. The number of halogens is 3. The third-order valence-corrected chi connectivity index (χ3v) is 5.01. The number of allylic oxidation sites excluding steroid dienone is 1. The number of benzene rings is 1. The predicted octanol–water partition coefficient (Wildman–Crippen LogP) is 5.78. The van der Waals surface area contributed by atoms with Gasteiger partial charge in [0.2, 0.25) is 5.78 Å². The SMILES string of the molecule is Cn1ccc(C(=O)/C=C/c2ccc(COc3c(Br)cc(Br)cc3Br)o2)n1. The number of carbonyl (C=O) groups is 1. The largest absolute Gasteiger partial charge is 0.483 e. The minimum absolute atomic E-state index is 0.178. The van der Waals surface area contributed by atoms with Gasteiger partial charge < -0.3 is 9.15 Å². The quantitative estimate of drug-likeness (QED) is 0.292. The molecule has 2 heterocycles. The summed E-state index contributed by atoms with van der Waals surface area (Å²) in [6.45, 7) is 0.265. The van der Waals surface area contributed by atoms with Crippen LogP contribution in [-0.2, 0) is 13.7 Å². The van der Waals surface area contributed by atoms with Gasteiger partial charge in [0.05, 0.1) is 8.95 Å². The zero-order chi connectivity index (χ0) is 18.7. The van der Waals surface area contributed by atoms with Gasteiger partial charge in [0.15, 0.2) is 0 Å². The number of carbonyl (C=O) groups excluding carboxylic acids is 1. The molecule has 134 valence electrons. The van der Waals surface area contributed by atoms with Gasteiger partial charge >= 0.3 is 0 Å². The average Bonchev–Trinajstić information content (AvgIpc) is 3.20. The molecule has 0 unspecified atom stereocenters. The summed E-state index contributed by atoms with van der Waals surface area (Å²) in [6, 6.07) is 9.07. The van der Waals surface area contributed by atoms with Crippen LogP contribution in [0.3, 0.4) is 0 Å². The van der Waals surface area contributed by atoms with E-state index in [9.17, 15) is 4.79 Å². The van der Waals surface area contributed by atoms with Crippen molar-refractivity contribution in [3.8, 4) is 5.75 Å².